The number of nitrogens with one attached hydrogen (secondary N) is 1. The number of carbonyl (C=O) groups is 1. The van der Waals surface area contributed by atoms with Crippen molar-refractivity contribution in [3.8, 4) is 0 Å². The van der Waals surface area contributed by atoms with Crippen molar-refractivity contribution in [2.24, 2.45) is 0 Å². The maximum absolute atomic E-state index is 10.6. The van der Waals surface area contributed by atoms with Crippen molar-refractivity contribution >= 4 is 5.78 Å². The van der Waals surface area contributed by atoms with E-state index in [0.717, 1.165) is 6.08 Å². The molecule has 3 heteroatoms. The maximum Gasteiger partial charge on any atom is 0.201 e. The molecule has 0 bridgehead atoms. The molecule has 9 heavy (non-hydrogen) atoms. The van der Waals surface area contributed by atoms with Crippen LogP contribution in [0.4, 0.5) is 0 Å². The van der Waals surface area contributed by atoms with E-state index in [0.29, 0.717) is 0 Å². The van der Waals surface area contributed by atoms with Gasteiger partial charge in [-0.15, -0.1) is 0 Å². The van der Waals surface area contributed by atoms with Gasteiger partial charge in [0.2, 0.25) is 5.78 Å². The van der Waals surface area contributed by atoms with E-state index in [2.05, 4.69) is 11.9 Å². The first kappa shape index (κ1) is 8.33. The summed E-state index contributed by atoms with van der Waals surface area (Å²) in [4.78, 5) is 10.6. The van der Waals surface area contributed by atoms with Gasteiger partial charge in [-0.2, -0.15) is 0 Å². The molecule has 0 spiro atoms. The molecule has 0 saturated heterocycles. The van der Waals surface area contributed by atoms with Crippen LogP contribution in [-0.4, -0.2) is 23.7 Å². The van der Waals surface area contributed by atoms with Gasteiger partial charge in [-0.1, -0.05) is 6.58 Å². The fraction of sp³-hybridized carbons (Fsp3) is 0.500. The average molecular weight is 129 g/mol. The molecule has 0 aliphatic carbocycles. The highest BCUT2D eigenvalue weighted by molar-refractivity contribution is 5.95. The van der Waals surface area contributed by atoms with Crippen molar-refractivity contribution in [1.29, 1.82) is 0 Å². The standard InChI is InChI=1S/C6H11NO2/c1-4-5(8)6(2,9)7-3/h4,7,9H,1H2,2-3H3. The molecule has 2 N–H and O–H groups in total. The predicted molar refractivity (Wildman–Crippen MR) is 34.9 cm³/mol. The Morgan fingerprint density at radius 1 is 1.89 bits per heavy atom. The molecule has 1 atom stereocenters. The highest BCUT2D eigenvalue weighted by Crippen LogP contribution is 1.97. The number of likely N-dealkylation sites (N-methyl/N-ethyl adjacent to an activating group) is 1. The molecule has 0 aliphatic heterocycles. The SMILES string of the molecule is C=CC(=O)C(C)(O)NC. The number of aliphatic hydroxyl groups is 1. The maximum atomic E-state index is 10.6. The minimum atomic E-state index is -1.46. The van der Waals surface area contributed by atoms with Gasteiger partial charge in [-0.25, -0.2) is 0 Å². The van der Waals surface area contributed by atoms with Gasteiger partial charge in [0.25, 0.3) is 0 Å². The lowest BCUT2D eigenvalue weighted by Gasteiger charge is -2.17. The lowest BCUT2D eigenvalue weighted by atomic mass is 10.1. The number of hydrogen-bond acceptors (Lipinski definition) is 3. The van der Waals surface area contributed by atoms with Crippen LogP contribution in [0.15, 0.2) is 12.7 Å². The summed E-state index contributed by atoms with van der Waals surface area (Å²) in [6.45, 7) is 4.60. The molecule has 0 aromatic rings. The molecular weight excluding hydrogens is 118 g/mol. The van der Waals surface area contributed by atoms with Crippen LogP contribution in [0.5, 0.6) is 0 Å². The second-order valence-corrected chi connectivity index (χ2v) is 1.89. The zero-order valence-electron chi connectivity index (χ0n) is 5.64. The molecule has 0 saturated carbocycles. The summed E-state index contributed by atoms with van der Waals surface area (Å²) < 4.78 is 0. The second-order valence-electron chi connectivity index (χ2n) is 1.89. The van der Waals surface area contributed by atoms with Gasteiger partial charge >= 0.3 is 0 Å². The normalized spacial score (nSPS) is 16.3. The molecule has 0 amide bonds. The van der Waals surface area contributed by atoms with Crippen molar-refractivity contribution in [2.45, 2.75) is 12.6 Å². The summed E-state index contributed by atoms with van der Waals surface area (Å²) >= 11 is 0. The summed E-state index contributed by atoms with van der Waals surface area (Å²) in [5, 5.41) is 11.5. The van der Waals surface area contributed by atoms with Crippen molar-refractivity contribution < 1.29 is 9.90 Å². The van der Waals surface area contributed by atoms with Gasteiger partial charge in [-0.3, -0.25) is 10.1 Å². The minimum Gasteiger partial charge on any atom is -0.369 e. The Morgan fingerprint density at radius 3 is 2.44 bits per heavy atom. The van der Waals surface area contributed by atoms with E-state index < -0.39 is 11.5 Å². The molecular formula is C6H11NO2. The van der Waals surface area contributed by atoms with E-state index in [-0.39, 0.29) is 0 Å². The number of rotatable bonds is 3. The Kier molecular flexibility index (Phi) is 2.55. The fourth-order valence-electron chi connectivity index (χ4n) is 0.322. The van der Waals surface area contributed by atoms with Gasteiger partial charge in [-0.05, 0) is 20.0 Å². The molecule has 0 aromatic heterocycles. The Hall–Kier alpha value is -0.670. The molecule has 0 fully saturated rings. The first-order valence-electron chi connectivity index (χ1n) is 2.62. The van der Waals surface area contributed by atoms with E-state index >= 15 is 0 Å². The molecule has 52 valence electrons. The van der Waals surface area contributed by atoms with Gasteiger partial charge in [0, 0.05) is 0 Å². The number of ketones is 1. The topological polar surface area (TPSA) is 49.3 Å². The van der Waals surface area contributed by atoms with E-state index in [1.54, 1.807) is 0 Å². The Balaban J connectivity index is 4.13. The lowest BCUT2D eigenvalue weighted by molar-refractivity contribution is -0.132. The minimum absolute atomic E-state index is 0.426. The largest absolute Gasteiger partial charge is 0.369 e. The van der Waals surface area contributed by atoms with Crippen LogP contribution >= 0.6 is 0 Å². The van der Waals surface area contributed by atoms with Crippen LogP contribution in [0.2, 0.25) is 0 Å². The van der Waals surface area contributed by atoms with E-state index in [9.17, 15) is 4.79 Å². The molecule has 0 aliphatic rings. The predicted octanol–water partition coefficient (Wildman–Crippen LogP) is -0.331. The number of carbonyl (C=O) groups excluding carboxylic acids is 1. The Morgan fingerprint density at radius 2 is 2.33 bits per heavy atom. The van der Waals surface area contributed by atoms with Gasteiger partial charge in [0.05, 0.1) is 0 Å². The summed E-state index contributed by atoms with van der Waals surface area (Å²) in [6.07, 6.45) is 1.08. The molecule has 0 rings (SSSR count). The fourth-order valence-corrected chi connectivity index (χ4v) is 0.322. The average Bonchev–Trinajstić information content (AvgIpc) is 1.86. The Labute approximate surface area is 54.4 Å². The quantitative estimate of drug-likeness (QED) is 0.405. The van der Waals surface area contributed by atoms with E-state index in [1.165, 1.54) is 14.0 Å². The lowest BCUT2D eigenvalue weighted by Crippen LogP contribution is -2.46. The van der Waals surface area contributed by atoms with Crippen molar-refractivity contribution in [1.82, 2.24) is 5.32 Å². The van der Waals surface area contributed by atoms with Crippen LogP contribution in [0.25, 0.3) is 0 Å². The third-order valence-electron chi connectivity index (χ3n) is 1.15. The first-order valence-corrected chi connectivity index (χ1v) is 2.62. The molecule has 0 aromatic carbocycles. The third-order valence-corrected chi connectivity index (χ3v) is 1.15. The van der Waals surface area contributed by atoms with Crippen LogP contribution in [0, 0.1) is 0 Å². The molecule has 0 radical (unpaired) electrons. The first-order chi connectivity index (χ1) is 4.04. The summed E-state index contributed by atoms with van der Waals surface area (Å²) in [6, 6.07) is 0. The second kappa shape index (κ2) is 2.75. The zero-order chi connectivity index (χ0) is 7.49. The van der Waals surface area contributed by atoms with Gasteiger partial charge in [0.1, 0.15) is 0 Å². The summed E-state index contributed by atoms with van der Waals surface area (Å²) in [5.74, 6) is -0.426. The van der Waals surface area contributed by atoms with Gasteiger partial charge < -0.3 is 5.11 Å². The Bertz CT molecular complexity index is 129. The van der Waals surface area contributed by atoms with Crippen LogP contribution in [-0.2, 0) is 4.79 Å². The van der Waals surface area contributed by atoms with E-state index in [4.69, 9.17) is 5.11 Å². The highest BCUT2D eigenvalue weighted by atomic mass is 16.3. The van der Waals surface area contributed by atoms with Crippen LogP contribution in [0.1, 0.15) is 6.92 Å². The van der Waals surface area contributed by atoms with Crippen LogP contribution < -0.4 is 5.32 Å². The van der Waals surface area contributed by atoms with Gasteiger partial charge in [0.15, 0.2) is 5.72 Å². The van der Waals surface area contributed by atoms with Crippen LogP contribution in [0.3, 0.4) is 0 Å². The zero-order valence-corrected chi connectivity index (χ0v) is 5.64. The van der Waals surface area contributed by atoms with Crippen molar-refractivity contribution in [3.05, 3.63) is 12.7 Å². The smallest absolute Gasteiger partial charge is 0.201 e. The highest BCUT2D eigenvalue weighted by Gasteiger charge is 2.24. The van der Waals surface area contributed by atoms with E-state index in [1.807, 2.05) is 0 Å². The number of hydrogen-bond donors (Lipinski definition) is 2. The summed E-state index contributed by atoms with van der Waals surface area (Å²) in [5.41, 5.74) is -1.46. The molecule has 0 heterocycles. The molecule has 3 nitrogen and oxygen atoms in total. The van der Waals surface area contributed by atoms with Crippen molar-refractivity contribution in [2.75, 3.05) is 7.05 Å². The van der Waals surface area contributed by atoms with Crippen molar-refractivity contribution in [3.63, 3.8) is 0 Å². The molecule has 1 unspecified atom stereocenters. The monoisotopic (exact) mass is 129 g/mol. The third kappa shape index (κ3) is 1.95. The summed E-state index contributed by atoms with van der Waals surface area (Å²) in [7, 11) is 1.50.